The molecule has 1 N–H and O–H groups in total. The number of methoxy groups -OCH3 is 3. The van der Waals surface area contributed by atoms with Crippen LogP contribution in [0, 0.1) is 0 Å². The zero-order chi connectivity index (χ0) is 18.0. The van der Waals surface area contributed by atoms with Gasteiger partial charge in [-0.3, -0.25) is 4.79 Å². The second-order valence-corrected chi connectivity index (χ2v) is 5.99. The van der Waals surface area contributed by atoms with Gasteiger partial charge in [0.2, 0.25) is 0 Å². The molecule has 0 atom stereocenters. The maximum atomic E-state index is 12.4. The van der Waals surface area contributed by atoms with Crippen molar-refractivity contribution in [3.63, 3.8) is 0 Å². The van der Waals surface area contributed by atoms with E-state index >= 15 is 0 Å². The van der Waals surface area contributed by atoms with E-state index in [1.807, 2.05) is 6.07 Å². The largest absolute Gasteiger partial charge is 0.493 e. The van der Waals surface area contributed by atoms with Gasteiger partial charge in [-0.05, 0) is 25.0 Å². The lowest BCUT2D eigenvalue weighted by Gasteiger charge is -2.25. The first-order chi connectivity index (χ1) is 12.1. The lowest BCUT2D eigenvalue weighted by atomic mass is 9.88. The zero-order valence-electron chi connectivity index (χ0n) is 14.6. The molecule has 2 aliphatic rings. The van der Waals surface area contributed by atoms with Crippen molar-refractivity contribution in [3.05, 3.63) is 34.5 Å². The summed E-state index contributed by atoms with van der Waals surface area (Å²) in [5, 5.41) is 3.36. The number of allylic oxidation sites excluding steroid dienone is 2. The molecular weight excluding hydrogens is 322 g/mol. The van der Waals surface area contributed by atoms with Gasteiger partial charge in [0, 0.05) is 47.0 Å². The minimum atomic E-state index is -0.437. The van der Waals surface area contributed by atoms with E-state index in [9.17, 15) is 9.59 Å². The van der Waals surface area contributed by atoms with E-state index in [1.165, 1.54) is 7.11 Å². The van der Waals surface area contributed by atoms with Crippen LogP contribution in [0.4, 0.5) is 5.69 Å². The average molecular weight is 343 g/mol. The second-order valence-electron chi connectivity index (χ2n) is 5.99. The highest BCUT2D eigenvalue weighted by molar-refractivity contribution is 6.03. The molecule has 0 aromatic heterocycles. The number of hydrogen-bond acceptors (Lipinski definition) is 6. The summed E-state index contributed by atoms with van der Waals surface area (Å²) in [4.78, 5) is 24.6. The summed E-state index contributed by atoms with van der Waals surface area (Å²) < 4.78 is 15.6. The lowest BCUT2D eigenvalue weighted by Crippen LogP contribution is -2.20. The van der Waals surface area contributed by atoms with Gasteiger partial charge in [-0.25, -0.2) is 4.79 Å². The van der Waals surface area contributed by atoms with E-state index in [0.717, 1.165) is 29.8 Å². The Morgan fingerprint density at radius 2 is 1.80 bits per heavy atom. The van der Waals surface area contributed by atoms with Gasteiger partial charge in [0.05, 0.1) is 21.3 Å². The molecule has 6 nitrogen and oxygen atoms in total. The van der Waals surface area contributed by atoms with Crippen molar-refractivity contribution in [1.29, 1.82) is 0 Å². The molecule has 0 saturated heterocycles. The van der Waals surface area contributed by atoms with E-state index in [2.05, 4.69) is 5.32 Å². The summed E-state index contributed by atoms with van der Waals surface area (Å²) in [6.07, 6.45) is 4.07. The van der Waals surface area contributed by atoms with Crippen LogP contribution >= 0.6 is 0 Å². The molecule has 1 aliphatic heterocycles. The number of carbonyl (C=O) groups is 2. The fourth-order valence-corrected chi connectivity index (χ4v) is 3.22. The molecule has 1 aromatic rings. The summed E-state index contributed by atoms with van der Waals surface area (Å²) >= 11 is 0. The summed E-state index contributed by atoms with van der Waals surface area (Å²) in [7, 11) is 4.47. The normalized spacial score (nSPS) is 18.7. The molecule has 6 heteroatoms. The van der Waals surface area contributed by atoms with Crippen molar-refractivity contribution in [2.45, 2.75) is 25.7 Å². The highest BCUT2D eigenvalue weighted by atomic mass is 16.5. The second kappa shape index (κ2) is 7.01. The molecule has 0 bridgehead atoms. The van der Waals surface area contributed by atoms with Crippen LogP contribution in [0.3, 0.4) is 0 Å². The number of ketones is 1. The summed E-state index contributed by atoms with van der Waals surface area (Å²) in [6, 6.07) is 3.62. The molecule has 1 aliphatic carbocycles. The Balaban J connectivity index is 2.19. The van der Waals surface area contributed by atoms with Crippen LogP contribution < -0.4 is 14.8 Å². The average Bonchev–Trinajstić information content (AvgIpc) is 2.61. The molecular formula is C19H21NO5. The van der Waals surface area contributed by atoms with E-state index in [-0.39, 0.29) is 12.2 Å². The molecule has 0 saturated carbocycles. The van der Waals surface area contributed by atoms with Gasteiger partial charge in [0.25, 0.3) is 0 Å². The monoisotopic (exact) mass is 343 g/mol. The first-order valence-electron chi connectivity index (χ1n) is 8.14. The van der Waals surface area contributed by atoms with Crippen LogP contribution in [0.5, 0.6) is 11.5 Å². The van der Waals surface area contributed by atoms with Gasteiger partial charge in [-0.15, -0.1) is 0 Å². The highest BCUT2D eigenvalue weighted by Crippen LogP contribution is 2.39. The Bertz CT molecular complexity index is 791. The fraction of sp³-hybridized carbons (Fsp3) is 0.368. The Morgan fingerprint density at radius 3 is 2.48 bits per heavy atom. The molecule has 0 fully saturated rings. The van der Waals surface area contributed by atoms with Crippen molar-refractivity contribution in [1.82, 2.24) is 0 Å². The maximum absolute atomic E-state index is 12.4. The number of hydrogen-bond donors (Lipinski definition) is 1. The number of fused-ring (bicyclic) bond motifs is 1. The van der Waals surface area contributed by atoms with Crippen LogP contribution in [-0.2, 0) is 14.3 Å². The summed E-state index contributed by atoms with van der Waals surface area (Å²) in [5.74, 6) is 0.782. The van der Waals surface area contributed by atoms with Crippen LogP contribution in [0.2, 0.25) is 0 Å². The number of Topliss-reactive ketones (excluding diaryl/α,β-unsaturated/α-hetero) is 1. The van der Waals surface area contributed by atoms with E-state index in [0.29, 0.717) is 29.1 Å². The smallest absolute Gasteiger partial charge is 0.334 e. The van der Waals surface area contributed by atoms with Crippen molar-refractivity contribution in [3.8, 4) is 11.5 Å². The molecule has 0 unspecified atom stereocenters. The van der Waals surface area contributed by atoms with Crippen LogP contribution in [0.1, 0.15) is 31.2 Å². The van der Waals surface area contributed by atoms with E-state index < -0.39 is 5.97 Å². The molecule has 0 radical (unpaired) electrons. The van der Waals surface area contributed by atoms with Crippen molar-refractivity contribution in [2.75, 3.05) is 26.6 Å². The molecule has 132 valence electrons. The Labute approximate surface area is 146 Å². The first-order valence-corrected chi connectivity index (χ1v) is 8.14. The third-order valence-corrected chi connectivity index (χ3v) is 4.52. The van der Waals surface area contributed by atoms with Gasteiger partial charge in [0.1, 0.15) is 0 Å². The predicted octanol–water partition coefficient (Wildman–Crippen LogP) is 3.08. The summed E-state index contributed by atoms with van der Waals surface area (Å²) in [6.45, 7) is 0. The number of benzene rings is 1. The fourth-order valence-electron chi connectivity index (χ4n) is 3.22. The van der Waals surface area contributed by atoms with Crippen molar-refractivity contribution >= 4 is 23.5 Å². The Kier molecular flexibility index (Phi) is 4.79. The topological polar surface area (TPSA) is 73.9 Å². The standard InChI is InChI=1S/C19H21NO5/c1-23-17-9-11-7-12(19(22)25-3)8-13-14(5-4-6-16(13)21)20-15(11)10-18(17)24-2/h7,9-10,20H,4-6,8H2,1-3H3/b12-7+. The minimum Gasteiger partial charge on any atom is -0.493 e. The maximum Gasteiger partial charge on any atom is 0.334 e. The third-order valence-electron chi connectivity index (χ3n) is 4.52. The molecule has 25 heavy (non-hydrogen) atoms. The number of carbonyl (C=O) groups excluding carboxylic acids is 2. The van der Waals surface area contributed by atoms with Gasteiger partial charge >= 0.3 is 5.97 Å². The predicted molar refractivity (Wildman–Crippen MR) is 93.7 cm³/mol. The zero-order valence-corrected chi connectivity index (χ0v) is 14.6. The van der Waals surface area contributed by atoms with E-state index in [1.54, 1.807) is 26.4 Å². The number of ether oxygens (including phenoxy) is 3. The van der Waals surface area contributed by atoms with Gasteiger partial charge in [-0.2, -0.15) is 0 Å². The number of rotatable bonds is 3. The van der Waals surface area contributed by atoms with Crippen LogP contribution in [0.25, 0.3) is 6.08 Å². The summed E-state index contributed by atoms with van der Waals surface area (Å²) in [5.41, 5.74) is 3.51. The number of anilines is 1. The van der Waals surface area contributed by atoms with E-state index in [4.69, 9.17) is 14.2 Å². The van der Waals surface area contributed by atoms with Crippen LogP contribution in [0.15, 0.2) is 29.0 Å². The quantitative estimate of drug-likeness (QED) is 0.850. The number of esters is 1. The van der Waals surface area contributed by atoms with Gasteiger partial charge < -0.3 is 19.5 Å². The molecule has 0 spiro atoms. The van der Waals surface area contributed by atoms with Crippen molar-refractivity contribution < 1.29 is 23.8 Å². The van der Waals surface area contributed by atoms with Gasteiger partial charge in [0.15, 0.2) is 17.3 Å². The van der Waals surface area contributed by atoms with Crippen LogP contribution in [-0.4, -0.2) is 33.1 Å². The SMILES string of the molecule is COC(=O)/C1=C/c2cc(OC)c(OC)cc2NC2=C(C1)C(=O)CCC2. The molecule has 1 aromatic carbocycles. The molecule has 3 rings (SSSR count). The Hall–Kier alpha value is -2.76. The van der Waals surface area contributed by atoms with Crippen molar-refractivity contribution in [2.24, 2.45) is 0 Å². The third kappa shape index (κ3) is 3.24. The minimum absolute atomic E-state index is 0.0764. The number of nitrogens with one attached hydrogen (secondary N) is 1. The molecule has 0 amide bonds. The highest BCUT2D eigenvalue weighted by Gasteiger charge is 2.27. The lowest BCUT2D eigenvalue weighted by molar-refractivity contribution is -0.136. The molecule has 1 heterocycles. The van der Waals surface area contributed by atoms with Gasteiger partial charge in [-0.1, -0.05) is 0 Å². The Morgan fingerprint density at radius 1 is 1.08 bits per heavy atom. The first kappa shape index (κ1) is 17.1.